The van der Waals surface area contributed by atoms with Crippen molar-refractivity contribution >= 4 is 33.5 Å². The smallest absolute Gasteiger partial charge is 0.253 e. The summed E-state index contributed by atoms with van der Waals surface area (Å²) >= 11 is 0. The molecule has 180 valence electrons. The Morgan fingerprint density at radius 1 is 1.24 bits per heavy atom. The summed E-state index contributed by atoms with van der Waals surface area (Å²) in [6, 6.07) is 5.68. The SMILES string of the molecule is Cc1ccc(NCCO)cc1/C=C/S(=O)(=O)N1CCC2(CC1)N=C(C1CCCCC1)NC2=O. The first-order valence-electron chi connectivity index (χ1n) is 11.9. The molecule has 1 amide bonds. The van der Waals surface area contributed by atoms with Gasteiger partial charge in [0.1, 0.15) is 11.4 Å². The number of carbonyl (C=O) groups excluding carboxylic acids is 1. The zero-order valence-corrected chi connectivity index (χ0v) is 20.0. The summed E-state index contributed by atoms with van der Waals surface area (Å²) in [5, 5.41) is 16.3. The molecule has 1 spiro atoms. The number of amides is 1. The Hall–Kier alpha value is -2.23. The molecule has 0 atom stereocenters. The van der Waals surface area contributed by atoms with Gasteiger partial charge in [0.05, 0.1) is 6.61 Å². The molecule has 0 aromatic heterocycles. The Bertz CT molecular complexity index is 1040. The van der Waals surface area contributed by atoms with Crippen molar-refractivity contribution in [3.63, 3.8) is 0 Å². The molecule has 0 bridgehead atoms. The average molecular weight is 475 g/mol. The number of aliphatic hydroxyl groups is 1. The van der Waals surface area contributed by atoms with Crippen LogP contribution in [0.1, 0.15) is 56.1 Å². The highest BCUT2D eigenvalue weighted by Crippen LogP contribution is 2.35. The molecule has 2 fully saturated rings. The predicted octanol–water partition coefficient (Wildman–Crippen LogP) is 2.64. The fourth-order valence-electron chi connectivity index (χ4n) is 4.94. The molecule has 33 heavy (non-hydrogen) atoms. The van der Waals surface area contributed by atoms with Crippen LogP contribution in [0.2, 0.25) is 0 Å². The Labute approximate surface area is 196 Å². The second kappa shape index (κ2) is 9.95. The first-order chi connectivity index (χ1) is 15.8. The van der Waals surface area contributed by atoms with Gasteiger partial charge in [0.2, 0.25) is 10.0 Å². The number of amidine groups is 1. The molecule has 1 aliphatic carbocycles. The summed E-state index contributed by atoms with van der Waals surface area (Å²) < 4.78 is 27.4. The zero-order valence-electron chi connectivity index (χ0n) is 19.2. The standard InChI is InChI=1S/C24H34N4O4S/c1-18-7-8-21(25-12-15-29)17-20(18)9-16-33(31,32)28-13-10-24(11-14-28)23(30)26-22(27-24)19-5-3-2-4-6-19/h7-9,16-17,19,25,29H,2-6,10-15H2,1H3,(H,26,27,30)/b16-9+. The molecular weight excluding hydrogens is 440 g/mol. The summed E-state index contributed by atoms with van der Waals surface area (Å²) in [6.45, 7) is 2.93. The van der Waals surface area contributed by atoms with Crippen LogP contribution in [-0.2, 0) is 14.8 Å². The summed E-state index contributed by atoms with van der Waals surface area (Å²) in [5.74, 6) is 1.08. The van der Waals surface area contributed by atoms with Crippen LogP contribution < -0.4 is 10.6 Å². The number of piperidine rings is 1. The van der Waals surface area contributed by atoms with Crippen molar-refractivity contribution in [2.75, 3.05) is 31.6 Å². The molecule has 0 unspecified atom stereocenters. The third-order valence-electron chi connectivity index (χ3n) is 7.04. The number of hydrogen-bond donors (Lipinski definition) is 3. The van der Waals surface area contributed by atoms with E-state index in [-0.39, 0.29) is 25.6 Å². The van der Waals surface area contributed by atoms with Crippen LogP contribution in [0.5, 0.6) is 0 Å². The van der Waals surface area contributed by atoms with Gasteiger partial charge >= 0.3 is 0 Å². The van der Waals surface area contributed by atoms with Crippen LogP contribution in [-0.4, -0.2) is 61.4 Å². The lowest BCUT2D eigenvalue weighted by Gasteiger charge is -2.34. The monoisotopic (exact) mass is 474 g/mol. The van der Waals surface area contributed by atoms with Gasteiger partial charge in [-0.3, -0.25) is 9.79 Å². The largest absolute Gasteiger partial charge is 0.395 e. The fraction of sp³-hybridized carbons (Fsp3) is 0.583. The van der Waals surface area contributed by atoms with Gasteiger partial charge in [-0.2, -0.15) is 4.31 Å². The number of nitrogens with one attached hydrogen (secondary N) is 2. The molecule has 3 N–H and O–H groups in total. The molecule has 1 aromatic carbocycles. The number of aliphatic imine (C=N–C) groups is 1. The first kappa shape index (κ1) is 23.9. The van der Waals surface area contributed by atoms with E-state index in [1.54, 1.807) is 6.08 Å². The van der Waals surface area contributed by atoms with Gasteiger partial charge in [0, 0.05) is 36.6 Å². The van der Waals surface area contributed by atoms with Crippen molar-refractivity contribution in [2.45, 2.75) is 57.4 Å². The minimum Gasteiger partial charge on any atom is -0.395 e. The van der Waals surface area contributed by atoms with Crippen LogP contribution in [0.4, 0.5) is 5.69 Å². The number of anilines is 1. The maximum absolute atomic E-state index is 13.0. The number of aryl methyl sites for hydroxylation is 1. The Balaban J connectivity index is 1.42. The van der Waals surface area contributed by atoms with E-state index in [0.717, 1.165) is 35.5 Å². The molecule has 3 aliphatic rings. The molecule has 1 saturated carbocycles. The van der Waals surface area contributed by atoms with Gasteiger partial charge in [0.15, 0.2) is 0 Å². The molecule has 2 aliphatic heterocycles. The van der Waals surface area contributed by atoms with Gasteiger partial charge in [-0.1, -0.05) is 25.3 Å². The van der Waals surface area contributed by atoms with E-state index in [1.807, 2.05) is 25.1 Å². The number of nitrogens with zero attached hydrogens (tertiary/aromatic N) is 2. The predicted molar refractivity (Wildman–Crippen MR) is 130 cm³/mol. The molecule has 1 saturated heterocycles. The fourth-order valence-corrected chi connectivity index (χ4v) is 6.12. The first-order valence-corrected chi connectivity index (χ1v) is 13.4. The minimum absolute atomic E-state index is 0.0219. The topological polar surface area (TPSA) is 111 Å². The quantitative estimate of drug-likeness (QED) is 0.563. The number of hydrogen-bond acceptors (Lipinski definition) is 6. The van der Waals surface area contributed by atoms with Crippen molar-refractivity contribution in [3.8, 4) is 0 Å². The van der Waals surface area contributed by atoms with Crippen LogP contribution >= 0.6 is 0 Å². The van der Waals surface area contributed by atoms with E-state index in [2.05, 4.69) is 10.6 Å². The lowest BCUT2D eigenvalue weighted by atomic mass is 9.88. The summed E-state index contributed by atoms with van der Waals surface area (Å²) in [6.07, 6.45) is 8.14. The van der Waals surface area contributed by atoms with E-state index in [4.69, 9.17) is 10.1 Å². The van der Waals surface area contributed by atoms with Crippen LogP contribution in [0, 0.1) is 12.8 Å². The van der Waals surface area contributed by atoms with E-state index < -0.39 is 15.6 Å². The Kier molecular flexibility index (Phi) is 7.21. The number of rotatable bonds is 7. The maximum Gasteiger partial charge on any atom is 0.253 e. The third-order valence-corrected chi connectivity index (χ3v) is 8.60. The molecule has 4 rings (SSSR count). The molecule has 9 heteroatoms. The van der Waals surface area contributed by atoms with Crippen molar-refractivity contribution < 1.29 is 18.3 Å². The van der Waals surface area contributed by atoms with E-state index >= 15 is 0 Å². The van der Waals surface area contributed by atoms with Gasteiger partial charge in [-0.15, -0.1) is 0 Å². The Morgan fingerprint density at radius 3 is 2.67 bits per heavy atom. The van der Waals surface area contributed by atoms with Gasteiger partial charge in [0.25, 0.3) is 5.91 Å². The lowest BCUT2D eigenvalue weighted by Crippen LogP contribution is -2.50. The van der Waals surface area contributed by atoms with E-state index in [9.17, 15) is 13.2 Å². The zero-order chi connectivity index (χ0) is 23.5. The van der Waals surface area contributed by atoms with Crippen molar-refractivity contribution in [1.82, 2.24) is 9.62 Å². The third kappa shape index (κ3) is 5.31. The van der Waals surface area contributed by atoms with Crippen LogP contribution in [0.25, 0.3) is 6.08 Å². The van der Waals surface area contributed by atoms with Gasteiger partial charge in [-0.25, -0.2) is 8.42 Å². The summed E-state index contributed by atoms with van der Waals surface area (Å²) in [5.41, 5.74) is 1.77. The van der Waals surface area contributed by atoms with E-state index in [1.165, 1.54) is 29.0 Å². The van der Waals surface area contributed by atoms with E-state index in [0.29, 0.717) is 25.3 Å². The summed E-state index contributed by atoms with van der Waals surface area (Å²) in [4.78, 5) is 17.6. The van der Waals surface area contributed by atoms with Gasteiger partial charge in [-0.05, 0) is 61.9 Å². The molecule has 1 aromatic rings. The van der Waals surface area contributed by atoms with Gasteiger partial charge < -0.3 is 15.7 Å². The number of benzene rings is 1. The number of sulfonamides is 1. The Morgan fingerprint density at radius 2 is 1.97 bits per heavy atom. The highest BCUT2D eigenvalue weighted by molar-refractivity contribution is 7.92. The minimum atomic E-state index is -3.61. The highest BCUT2D eigenvalue weighted by atomic mass is 32.2. The number of carbonyl (C=O) groups is 1. The summed E-state index contributed by atoms with van der Waals surface area (Å²) in [7, 11) is -3.61. The second-order valence-electron chi connectivity index (χ2n) is 9.29. The van der Waals surface area contributed by atoms with Crippen LogP contribution in [0.15, 0.2) is 28.6 Å². The average Bonchev–Trinajstić information content (AvgIpc) is 3.14. The van der Waals surface area contributed by atoms with Crippen molar-refractivity contribution in [1.29, 1.82) is 0 Å². The number of aliphatic hydroxyl groups excluding tert-OH is 1. The molecular formula is C24H34N4O4S. The normalized spacial score (nSPS) is 22.0. The highest BCUT2D eigenvalue weighted by Gasteiger charge is 2.48. The van der Waals surface area contributed by atoms with Crippen molar-refractivity contribution in [3.05, 3.63) is 34.7 Å². The maximum atomic E-state index is 13.0. The molecule has 8 nitrogen and oxygen atoms in total. The molecule has 2 heterocycles. The second-order valence-corrected chi connectivity index (χ2v) is 11.1. The lowest BCUT2D eigenvalue weighted by molar-refractivity contribution is -0.124. The van der Waals surface area contributed by atoms with Crippen molar-refractivity contribution in [2.24, 2.45) is 10.9 Å². The molecule has 0 radical (unpaired) electrons. The van der Waals surface area contributed by atoms with Crippen LogP contribution in [0.3, 0.4) is 0 Å².